The number of hydrogen-bond donors (Lipinski definition) is 1. The Balaban J connectivity index is 1.44. The lowest BCUT2D eigenvalue weighted by molar-refractivity contribution is -0.121. The maximum Gasteiger partial charge on any atom is 0.261 e. The summed E-state index contributed by atoms with van der Waals surface area (Å²) in [7, 11) is 3.07. The van der Waals surface area contributed by atoms with Crippen LogP contribution in [0.25, 0.3) is 10.9 Å². The molecule has 1 aliphatic heterocycles. The Labute approximate surface area is 188 Å². The maximum atomic E-state index is 12.8. The summed E-state index contributed by atoms with van der Waals surface area (Å²) < 4.78 is 17.8. The van der Waals surface area contributed by atoms with Gasteiger partial charge in [-0.3, -0.25) is 19.1 Å². The van der Waals surface area contributed by atoms with Crippen molar-refractivity contribution in [3.05, 3.63) is 28.8 Å². The van der Waals surface area contributed by atoms with Crippen LogP contribution in [-0.4, -0.2) is 73.0 Å². The van der Waals surface area contributed by atoms with Gasteiger partial charge in [-0.15, -0.1) is 0 Å². The fraction of sp³-hybridized carbons (Fsp3) is 0.609. The SMILES string of the molecule is COc1cc2ncn(CCCC(=O)NCCCN3CC(C)OC(C)C3)c(=O)c2cc1OC. The van der Waals surface area contributed by atoms with Crippen LogP contribution in [0.5, 0.6) is 11.5 Å². The molecule has 1 saturated heterocycles. The van der Waals surface area contributed by atoms with E-state index in [1.165, 1.54) is 18.0 Å². The molecule has 0 radical (unpaired) electrons. The second-order valence-corrected chi connectivity index (χ2v) is 8.29. The molecule has 2 atom stereocenters. The first kappa shape index (κ1) is 24.0. The number of hydrogen-bond acceptors (Lipinski definition) is 7. The van der Waals surface area contributed by atoms with Gasteiger partial charge >= 0.3 is 0 Å². The fourth-order valence-corrected chi connectivity index (χ4v) is 4.14. The average molecular weight is 447 g/mol. The van der Waals surface area contributed by atoms with Crippen LogP contribution >= 0.6 is 0 Å². The van der Waals surface area contributed by atoms with Gasteiger partial charge in [-0.2, -0.15) is 0 Å². The summed E-state index contributed by atoms with van der Waals surface area (Å²) in [4.78, 5) is 31.7. The van der Waals surface area contributed by atoms with Crippen molar-refractivity contribution < 1.29 is 19.0 Å². The zero-order chi connectivity index (χ0) is 23.1. The molecule has 1 amide bonds. The first-order chi connectivity index (χ1) is 15.4. The molecule has 1 aliphatic rings. The highest BCUT2D eigenvalue weighted by Crippen LogP contribution is 2.29. The van der Waals surface area contributed by atoms with E-state index in [1.54, 1.807) is 19.2 Å². The van der Waals surface area contributed by atoms with E-state index in [-0.39, 0.29) is 23.7 Å². The number of carbonyl (C=O) groups excluding carboxylic acids is 1. The van der Waals surface area contributed by atoms with Crippen LogP contribution in [0.1, 0.15) is 33.1 Å². The van der Waals surface area contributed by atoms with Crippen LogP contribution in [0.4, 0.5) is 0 Å². The zero-order valence-electron chi connectivity index (χ0n) is 19.4. The third-order valence-electron chi connectivity index (χ3n) is 5.60. The van der Waals surface area contributed by atoms with Gasteiger partial charge in [-0.05, 0) is 32.8 Å². The molecule has 1 aromatic heterocycles. The van der Waals surface area contributed by atoms with Crippen molar-refractivity contribution in [1.29, 1.82) is 0 Å². The Hall–Kier alpha value is -2.65. The molecule has 2 aromatic rings. The largest absolute Gasteiger partial charge is 0.493 e. The van der Waals surface area contributed by atoms with Gasteiger partial charge < -0.3 is 19.5 Å². The topological polar surface area (TPSA) is 94.9 Å². The number of fused-ring (bicyclic) bond motifs is 1. The molecule has 0 saturated carbocycles. The summed E-state index contributed by atoms with van der Waals surface area (Å²) in [6.07, 6.45) is 3.85. The van der Waals surface area contributed by atoms with Crippen molar-refractivity contribution in [2.24, 2.45) is 0 Å². The number of nitrogens with one attached hydrogen (secondary N) is 1. The van der Waals surface area contributed by atoms with Gasteiger partial charge in [0.15, 0.2) is 11.5 Å². The van der Waals surface area contributed by atoms with Crippen molar-refractivity contribution in [3.63, 3.8) is 0 Å². The minimum absolute atomic E-state index is 0.00177. The Bertz CT molecular complexity index is 967. The quantitative estimate of drug-likeness (QED) is 0.556. The summed E-state index contributed by atoms with van der Waals surface area (Å²) in [5.74, 6) is 1.01. The molecule has 0 bridgehead atoms. The van der Waals surface area contributed by atoms with Crippen LogP contribution in [0.3, 0.4) is 0 Å². The van der Waals surface area contributed by atoms with Gasteiger partial charge in [0.05, 0.1) is 43.7 Å². The highest BCUT2D eigenvalue weighted by molar-refractivity contribution is 5.81. The molecule has 1 aromatic carbocycles. The van der Waals surface area contributed by atoms with Gasteiger partial charge in [-0.25, -0.2) is 4.98 Å². The predicted molar refractivity (Wildman–Crippen MR) is 122 cm³/mol. The van der Waals surface area contributed by atoms with E-state index in [9.17, 15) is 9.59 Å². The van der Waals surface area contributed by atoms with Crippen LogP contribution in [0.15, 0.2) is 23.3 Å². The first-order valence-electron chi connectivity index (χ1n) is 11.2. The lowest BCUT2D eigenvalue weighted by atomic mass is 10.2. The smallest absolute Gasteiger partial charge is 0.261 e. The molecule has 9 nitrogen and oxygen atoms in total. The molecule has 3 rings (SSSR count). The monoisotopic (exact) mass is 446 g/mol. The molecule has 176 valence electrons. The van der Waals surface area contributed by atoms with E-state index in [1.807, 2.05) is 0 Å². The molecule has 1 N–H and O–H groups in total. The Kier molecular flexibility index (Phi) is 8.46. The number of ether oxygens (including phenoxy) is 3. The predicted octanol–water partition coefficient (Wildman–Crippen LogP) is 1.81. The van der Waals surface area contributed by atoms with Crippen LogP contribution in [0.2, 0.25) is 0 Å². The molecule has 0 aliphatic carbocycles. The number of methoxy groups -OCH3 is 2. The molecule has 1 fully saturated rings. The van der Waals surface area contributed by atoms with E-state index in [4.69, 9.17) is 14.2 Å². The molecular formula is C23H34N4O5. The molecule has 9 heteroatoms. The van der Waals surface area contributed by atoms with E-state index in [0.29, 0.717) is 48.3 Å². The second kappa shape index (κ2) is 11.3. The third-order valence-corrected chi connectivity index (χ3v) is 5.60. The third kappa shape index (κ3) is 6.20. The standard InChI is InChI=1S/C23H34N4O5/c1-16-13-26(14-17(2)32-16)9-6-8-24-22(28)7-5-10-27-15-25-19-12-21(31-4)20(30-3)11-18(19)23(27)29/h11-12,15-17H,5-10,13-14H2,1-4H3,(H,24,28). The molecule has 32 heavy (non-hydrogen) atoms. The summed E-state index contributed by atoms with van der Waals surface area (Å²) in [6.45, 7) is 8.08. The van der Waals surface area contributed by atoms with Crippen molar-refractivity contribution in [3.8, 4) is 11.5 Å². The number of amides is 1. The zero-order valence-corrected chi connectivity index (χ0v) is 19.4. The normalized spacial score (nSPS) is 19.1. The number of aromatic nitrogens is 2. The van der Waals surface area contributed by atoms with E-state index in [0.717, 1.165) is 26.1 Å². The minimum Gasteiger partial charge on any atom is -0.493 e. The number of rotatable bonds is 10. The van der Waals surface area contributed by atoms with Crippen molar-refractivity contribution in [1.82, 2.24) is 19.8 Å². The molecule has 2 unspecified atom stereocenters. The number of carbonyl (C=O) groups is 1. The fourth-order valence-electron chi connectivity index (χ4n) is 4.14. The molecular weight excluding hydrogens is 412 g/mol. The number of morpholine rings is 1. The van der Waals surface area contributed by atoms with Crippen LogP contribution in [-0.2, 0) is 16.1 Å². The number of nitrogens with zero attached hydrogens (tertiary/aromatic N) is 3. The van der Waals surface area contributed by atoms with Gasteiger partial charge in [0.25, 0.3) is 5.56 Å². The number of benzene rings is 1. The lowest BCUT2D eigenvalue weighted by Gasteiger charge is -2.35. The van der Waals surface area contributed by atoms with Crippen molar-refractivity contribution in [2.45, 2.75) is 51.9 Å². The highest BCUT2D eigenvalue weighted by Gasteiger charge is 2.21. The number of aryl methyl sites for hydroxylation is 1. The van der Waals surface area contributed by atoms with Crippen LogP contribution < -0.4 is 20.3 Å². The summed E-state index contributed by atoms with van der Waals surface area (Å²) in [5, 5.41) is 3.43. The molecule has 0 spiro atoms. The van der Waals surface area contributed by atoms with Crippen molar-refractivity contribution >= 4 is 16.8 Å². The minimum atomic E-state index is -0.162. The van der Waals surface area contributed by atoms with Gasteiger partial charge in [0, 0.05) is 45.2 Å². The first-order valence-corrected chi connectivity index (χ1v) is 11.2. The summed E-state index contributed by atoms with van der Waals surface area (Å²) in [5.41, 5.74) is 0.385. The Morgan fingerprint density at radius 3 is 2.50 bits per heavy atom. The van der Waals surface area contributed by atoms with E-state index >= 15 is 0 Å². The summed E-state index contributed by atoms with van der Waals surface area (Å²) >= 11 is 0. The Morgan fingerprint density at radius 2 is 1.81 bits per heavy atom. The van der Waals surface area contributed by atoms with E-state index in [2.05, 4.69) is 29.0 Å². The Morgan fingerprint density at radius 1 is 1.12 bits per heavy atom. The maximum absolute atomic E-state index is 12.8. The van der Waals surface area contributed by atoms with Gasteiger partial charge in [0.1, 0.15) is 0 Å². The average Bonchev–Trinajstić information content (AvgIpc) is 2.77. The van der Waals surface area contributed by atoms with Crippen molar-refractivity contribution in [2.75, 3.05) is 40.4 Å². The molecule has 2 heterocycles. The van der Waals surface area contributed by atoms with Crippen LogP contribution in [0, 0.1) is 0 Å². The van der Waals surface area contributed by atoms with Gasteiger partial charge in [0.2, 0.25) is 5.91 Å². The summed E-state index contributed by atoms with van der Waals surface area (Å²) in [6, 6.07) is 3.33. The highest BCUT2D eigenvalue weighted by atomic mass is 16.5. The second-order valence-electron chi connectivity index (χ2n) is 8.29. The lowest BCUT2D eigenvalue weighted by Crippen LogP contribution is -2.46. The van der Waals surface area contributed by atoms with Gasteiger partial charge in [-0.1, -0.05) is 0 Å². The van der Waals surface area contributed by atoms with E-state index < -0.39 is 0 Å².